The zero-order valence-corrected chi connectivity index (χ0v) is 18.2. The molecular formula is C22H19IN6. The topological polar surface area (TPSA) is 92.7 Å². The van der Waals surface area contributed by atoms with Gasteiger partial charge in [-0.2, -0.15) is 10.4 Å². The van der Waals surface area contributed by atoms with E-state index in [0.717, 1.165) is 23.3 Å². The van der Waals surface area contributed by atoms with E-state index >= 15 is 0 Å². The van der Waals surface area contributed by atoms with Crippen LogP contribution in [0, 0.1) is 25.2 Å². The number of aromatic nitrogens is 3. The number of rotatable bonds is 3. The number of aryl methyl sites for hydroxylation is 2. The minimum Gasteiger partial charge on any atom is -0.361 e. The number of halogens is 1. The minimum absolute atomic E-state index is 0.0468. The number of H-pyrrole nitrogens is 2. The number of hydrogen-bond acceptors (Lipinski definition) is 4. The molecule has 3 heterocycles. The Balaban J connectivity index is 1.69. The van der Waals surface area contributed by atoms with Crippen LogP contribution in [0.2, 0.25) is 0 Å². The quantitative estimate of drug-likeness (QED) is 0.274. The normalized spacial score (nSPS) is 17.0. The molecule has 2 atom stereocenters. The number of benzene rings is 2. The summed E-state index contributed by atoms with van der Waals surface area (Å²) in [6, 6.07) is 10.2. The summed E-state index contributed by atoms with van der Waals surface area (Å²) in [5.41, 5.74) is 11.8. The van der Waals surface area contributed by atoms with Crippen LogP contribution in [0.1, 0.15) is 50.0 Å². The van der Waals surface area contributed by atoms with Gasteiger partial charge >= 0.3 is 0 Å². The molecule has 6 nitrogen and oxygen atoms in total. The van der Waals surface area contributed by atoms with Crippen molar-refractivity contribution in [1.29, 1.82) is 5.26 Å². The van der Waals surface area contributed by atoms with Crippen LogP contribution in [0.4, 0.5) is 0 Å². The number of aromatic amines is 2. The van der Waals surface area contributed by atoms with Crippen LogP contribution in [0.15, 0.2) is 35.6 Å². The van der Waals surface area contributed by atoms with Gasteiger partial charge in [0, 0.05) is 35.3 Å². The minimum atomic E-state index is 0.0468. The average Bonchev–Trinajstić information content (AvgIpc) is 3.45. The standard InChI is InChI=1S/C22H19IN6/c1-11-7-12(2)21-19(14(10-25-21)15-5-6-26-29-15)18(11)20(23)22-27-16-4-3-13(9-24)8-17(16)28-22/h3-4,6-8,10,15,20,25,29H,5H2,1-2H3,(H,27,28). The third kappa shape index (κ3) is 2.90. The first-order valence-electron chi connectivity index (χ1n) is 9.48. The molecule has 0 saturated carbocycles. The molecular weight excluding hydrogens is 475 g/mol. The number of imidazole rings is 1. The third-order valence-corrected chi connectivity index (χ3v) is 6.81. The molecule has 2 aromatic carbocycles. The van der Waals surface area contributed by atoms with Gasteiger partial charge in [-0.05, 0) is 48.7 Å². The van der Waals surface area contributed by atoms with Crippen LogP contribution < -0.4 is 5.43 Å². The SMILES string of the molecule is Cc1cc(C)c2[nH]cc(C3CC=NN3)c2c1C(I)c1nc2ccc(C#N)cc2[nH]1. The van der Waals surface area contributed by atoms with Gasteiger partial charge in [0.05, 0.1) is 32.6 Å². The van der Waals surface area contributed by atoms with E-state index < -0.39 is 0 Å². The number of alkyl halides is 1. The van der Waals surface area contributed by atoms with E-state index in [1.54, 1.807) is 6.07 Å². The van der Waals surface area contributed by atoms with Crippen LogP contribution in [0.5, 0.6) is 0 Å². The van der Waals surface area contributed by atoms with Crippen molar-refractivity contribution < 1.29 is 0 Å². The number of fused-ring (bicyclic) bond motifs is 2. The molecule has 0 amide bonds. The number of hydrogen-bond donors (Lipinski definition) is 3. The molecule has 2 unspecified atom stereocenters. The predicted molar refractivity (Wildman–Crippen MR) is 123 cm³/mol. The molecule has 0 saturated heterocycles. The van der Waals surface area contributed by atoms with Crippen LogP contribution in [-0.2, 0) is 0 Å². The zero-order chi connectivity index (χ0) is 20.1. The van der Waals surface area contributed by atoms with Gasteiger partial charge in [-0.3, -0.25) is 0 Å². The average molecular weight is 494 g/mol. The first kappa shape index (κ1) is 18.2. The maximum atomic E-state index is 9.18. The Hall–Kier alpha value is -2.86. The van der Waals surface area contributed by atoms with Crippen LogP contribution in [0.25, 0.3) is 21.9 Å². The largest absolute Gasteiger partial charge is 0.361 e. The highest BCUT2D eigenvalue weighted by Crippen LogP contribution is 2.42. The Bertz CT molecular complexity index is 1310. The second-order valence-electron chi connectivity index (χ2n) is 7.48. The van der Waals surface area contributed by atoms with Crippen LogP contribution in [-0.4, -0.2) is 21.2 Å². The fourth-order valence-corrected chi connectivity index (χ4v) is 5.32. The molecule has 5 rings (SSSR count). The molecule has 0 spiro atoms. The van der Waals surface area contributed by atoms with E-state index in [-0.39, 0.29) is 9.97 Å². The first-order valence-corrected chi connectivity index (χ1v) is 10.7. The lowest BCUT2D eigenvalue weighted by molar-refractivity contribution is 0.624. The lowest BCUT2D eigenvalue weighted by Crippen LogP contribution is -2.10. The maximum Gasteiger partial charge on any atom is 0.124 e. The van der Waals surface area contributed by atoms with Crippen LogP contribution >= 0.6 is 22.6 Å². The summed E-state index contributed by atoms with van der Waals surface area (Å²) in [6.45, 7) is 4.31. The Kier molecular flexibility index (Phi) is 4.32. The number of nitriles is 1. The molecule has 144 valence electrons. The monoisotopic (exact) mass is 494 g/mol. The van der Waals surface area contributed by atoms with Gasteiger partial charge in [0.15, 0.2) is 0 Å². The highest BCUT2D eigenvalue weighted by molar-refractivity contribution is 14.1. The lowest BCUT2D eigenvalue weighted by Gasteiger charge is -2.17. The van der Waals surface area contributed by atoms with Crippen molar-refractivity contribution in [2.75, 3.05) is 0 Å². The fraction of sp³-hybridized carbons (Fsp3) is 0.227. The summed E-state index contributed by atoms with van der Waals surface area (Å²) in [4.78, 5) is 11.7. The molecule has 29 heavy (non-hydrogen) atoms. The number of nitrogens with zero attached hydrogens (tertiary/aromatic N) is 3. The van der Waals surface area contributed by atoms with E-state index in [1.807, 2.05) is 18.3 Å². The molecule has 4 aromatic rings. The van der Waals surface area contributed by atoms with Gasteiger partial charge in [0.1, 0.15) is 5.82 Å². The van der Waals surface area contributed by atoms with Crippen molar-refractivity contribution >= 4 is 50.7 Å². The summed E-state index contributed by atoms with van der Waals surface area (Å²) in [7, 11) is 0. The molecule has 1 aliphatic rings. The van der Waals surface area contributed by atoms with E-state index in [1.165, 1.54) is 33.2 Å². The van der Waals surface area contributed by atoms with Crippen molar-refractivity contribution in [2.24, 2.45) is 5.10 Å². The number of hydrazone groups is 1. The summed E-state index contributed by atoms with van der Waals surface area (Å²) in [5.74, 6) is 0.895. The zero-order valence-electron chi connectivity index (χ0n) is 16.0. The van der Waals surface area contributed by atoms with Crippen LogP contribution in [0.3, 0.4) is 0 Å². The van der Waals surface area contributed by atoms with Crippen molar-refractivity contribution in [3.63, 3.8) is 0 Å². The molecule has 0 aliphatic carbocycles. The highest BCUT2D eigenvalue weighted by atomic mass is 127. The van der Waals surface area contributed by atoms with Crippen molar-refractivity contribution in [3.05, 3.63) is 64.1 Å². The smallest absolute Gasteiger partial charge is 0.124 e. The Morgan fingerprint density at radius 2 is 2.10 bits per heavy atom. The van der Waals surface area contributed by atoms with Crippen molar-refractivity contribution in [3.8, 4) is 6.07 Å². The molecule has 2 aromatic heterocycles. The summed E-state index contributed by atoms with van der Waals surface area (Å²) in [5, 5.41) is 14.6. The first-order chi connectivity index (χ1) is 14.1. The summed E-state index contributed by atoms with van der Waals surface area (Å²) < 4.78 is 0.0468. The van der Waals surface area contributed by atoms with Crippen molar-refractivity contribution in [1.82, 2.24) is 20.4 Å². The van der Waals surface area contributed by atoms with Gasteiger partial charge in [0.2, 0.25) is 0 Å². The number of nitrogens with one attached hydrogen (secondary N) is 3. The van der Waals surface area contributed by atoms with Gasteiger partial charge in [-0.25, -0.2) is 4.98 Å². The van der Waals surface area contributed by atoms with Gasteiger partial charge in [-0.15, -0.1) is 0 Å². The highest BCUT2D eigenvalue weighted by Gasteiger charge is 2.26. The Labute approximate surface area is 181 Å². The second-order valence-corrected chi connectivity index (χ2v) is 8.72. The second kappa shape index (κ2) is 6.88. The molecule has 0 bridgehead atoms. The predicted octanol–water partition coefficient (Wildman–Crippen LogP) is 5.08. The van der Waals surface area contributed by atoms with E-state index in [0.29, 0.717) is 5.56 Å². The molecule has 3 N–H and O–H groups in total. The van der Waals surface area contributed by atoms with Gasteiger partial charge in [-0.1, -0.05) is 28.7 Å². The Morgan fingerprint density at radius 1 is 1.24 bits per heavy atom. The molecule has 0 fully saturated rings. The van der Waals surface area contributed by atoms with E-state index in [2.05, 4.69) is 75.3 Å². The van der Waals surface area contributed by atoms with Gasteiger partial charge < -0.3 is 15.4 Å². The van der Waals surface area contributed by atoms with E-state index in [9.17, 15) is 5.26 Å². The molecule has 7 heteroatoms. The third-order valence-electron chi connectivity index (χ3n) is 5.59. The fourth-order valence-electron chi connectivity index (χ4n) is 4.22. The Morgan fingerprint density at radius 3 is 2.86 bits per heavy atom. The summed E-state index contributed by atoms with van der Waals surface area (Å²) >= 11 is 2.46. The maximum absolute atomic E-state index is 9.18. The molecule has 0 radical (unpaired) electrons. The summed E-state index contributed by atoms with van der Waals surface area (Å²) in [6.07, 6.45) is 4.92. The molecule has 1 aliphatic heterocycles. The lowest BCUT2D eigenvalue weighted by atomic mass is 9.93. The van der Waals surface area contributed by atoms with E-state index in [4.69, 9.17) is 4.98 Å². The van der Waals surface area contributed by atoms with Gasteiger partial charge in [0.25, 0.3) is 0 Å². The van der Waals surface area contributed by atoms with Crippen molar-refractivity contribution in [2.45, 2.75) is 30.2 Å².